The van der Waals surface area contributed by atoms with Gasteiger partial charge in [0.1, 0.15) is 10.5 Å². The summed E-state index contributed by atoms with van der Waals surface area (Å²) in [7, 11) is 0. The summed E-state index contributed by atoms with van der Waals surface area (Å²) in [5.41, 5.74) is 5.37. The molecular formula is C11H17N3O2S2. The second-order valence-electron chi connectivity index (χ2n) is 4.41. The van der Waals surface area contributed by atoms with Gasteiger partial charge in [-0.1, -0.05) is 23.1 Å². The normalized spacial score (nSPS) is 18.4. The number of nitrogens with two attached hydrogens (primary N) is 1. The highest BCUT2D eigenvalue weighted by atomic mass is 32.2. The fourth-order valence-electron chi connectivity index (χ4n) is 1.73. The fourth-order valence-corrected chi connectivity index (χ4v) is 3.73. The van der Waals surface area contributed by atoms with Gasteiger partial charge in [0.2, 0.25) is 0 Å². The van der Waals surface area contributed by atoms with E-state index in [1.54, 1.807) is 6.92 Å². The zero-order chi connectivity index (χ0) is 13.2. The Bertz CT molecular complexity index is 434. The molecule has 7 heteroatoms. The molecule has 18 heavy (non-hydrogen) atoms. The molecule has 0 bridgehead atoms. The minimum absolute atomic E-state index is 0.248. The monoisotopic (exact) mass is 287 g/mol. The average Bonchev–Trinajstić information content (AvgIpc) is 3.11. The van der Waals surface area contributed by atoms with Crippen LogP contribution in [0.25, 0.3) is 0 Å². The lowest BCUT2D eigenvalue weighted by molar-refractivity contribution is -0.149. The minimum atomic E-state index is -0.875. The summed E-state index contributed by atoms with van der Waals surface area (Å²) in [4.78, 5) is 12.0. The summed E-state index contributed by atoms with van der Waals surface area (Å²) in [6, 6.07) is 0. The predicted molar refractivity (Wildman–Crippen MR) is 71.6 cm³/mol. The zero-order valence-corrected chi connectivity index (χ0v) is 12.1. The standard InChI is InChI=1S/C11H17N3O2S2/c1-3-16-9(15)11(12,8-4-5-8)6-17-10-14-13-7(2)18-10/h8H,3-6,12H2,1-2H3. The third-order valence-corrected chi connectivity index (χ3v) is 5.09. The van der Waals surface area contributed by atoms with Gasteiger partial charge in [-0.2, -0.15) is 0 Å². The SMILES string of the molecule is CCOC(=O)C(N)(CSc1nnc(C)s1)C1CC1. The van der Waals surface area contributed by atoms with Crippen LogP contribution in [0.1, 0.15) is 24.8 Å². The number of hydrogen-bond acceptors (Lipinski definition) is 7. The largest absolute Gasteiger partial charge is 0.465 e. The van der Waals surface area contributed by atoms with E-state index in [2.05, 4.69) is 10.2 Å². The van der Waals surface area contributed by atoms with E-state index in [1.165, 1.54) is 23.1 Å². The molecule has 0 saturated heterocycles. The van der Waals surface area contributed by atoms with E-state index < -0.39 is 5.54 Å². The number of carbonyl (C=O) groups is 1. The summed E-state index contributed by atoms with van der Waals surface area (Å²) in [5.74, 6) is 0.463. The van der Waals surface area contributed by atoms with Crippen molar-refractivity contribution in [3.8, 4) is 0 Å². The van der Waals surface area contributed by atoms with Crippen molar-refractivity contribution in [2.75, 3.05) is 12.4 Å². The summed E-state index contributed by atoms with van der Waals surface area (Å²) in [6.45, 7) is 4.07. The zero-order valence-electron chi connectivity index (χ0n) is 10.5. The van der Waals surface area contributed by atoms with E-state index in [0.29, 0.717) is 12.4 Å². The Morgan fingerprint density at radius 3 is 2.83 bits per heavy atom. The summed E-state index contributed by atoms with van der Waals surface area (Å²) < 4.78 is 5.95. The maximum atomic E-state index is 12.0. The first-order chi connectivity index (χ1) is 8.56. The molecule has 0 aliphatic heterocycles. The third-order valence-electron chi connectivity index (χ3n) is 2.90. The summed E-state index contributed by atoms with van der Waals surface area (Å²) in [6.07, 6.45) is 2.01. The van der Waals surface area contributed by atoms with E-state index in [1.807, 2.05) is 6.92 Å². The molecule has 2 N–H and O–H groups in total. The van der Waals surface area contributed by atoms with Crippen LogP contribution < -0.4 is 5.73 Å². The van der Waals surface area contributed by atoms with Gasteiger partial charge in [0, 0.05) is 5.75 Å². The van der Waals surface area contributed by atoms with Crippen molar-refractivity contribution < 1.29 is 9.53 Å². The quantitative estimate of drug-likeness (QED) is 0.632. The van der Waals surface area contributed by atoms with Crippen LogP contribution in [-0.4, -0.2) is 34.1 Å². The van der Waals surface area contributed by atoms with Gasteiger partial charge in [0.05, 0.1) is 6.61 Å². The number of nitrogens with zero attached hydrogens (tertiary/aromatic N) is 2. The second kappa shape index (κ2) is 5.54. The second-order valence-corrected chi connectivity index (χ2v) is 6.81. The topological polar surface area (TPSA) is 78.1 Å². The molecular weight excluding hydrogens is 270 g/mol. The van der Waals surface area contributed by atoms with Gasteiger partial charge in [-0.15, -0.1) is 10.2 Å². The van der Waals surface area contributed by atoms with E-state index in [4.69, 9.17) is 10.5 Å². The maximum absolute atomic E-state index is 12.0. The first-order valence-corrected chi connectivity index (χ1v) is 7.75. The number of hydrogen-bond donors (Lipinski definition) is 1. The van der Waals surface area contributed by atoms with Crippen molar-refractivity contribution >= 4 is 29.1 Å². The van der Waals surface area contributed by atoms with Gasteiger partial charge in [-0.3, -0.25) is 4.79 Å². The van der Waals surface area contributed by atoms with Crippen molar-refractivity contribution in [1.29, 1.82) is 0 Å². The predicted octanol–water partition coefficient (Wildman–Crippen LogP) is 1.61. The molecule has 1 aliphatic rings. The molecule has 1 saturated carbocycles. The molecule has 0 radical (unpaired) electrons. The van der Waals surface area contributed by atoms with Crippen molar-refractivity contribution in [3.05, 3.63) is 5.01 Å². The van der Waals surface area contributed by atoms with Crippen LogP contribution in [0.5, 0.6) is 0 Å². The lowest BCUT2D eigenvalue weighted by Gasteiger charge is -2.26. The van der Waals surface area contributed by atoms with Gasteiger partial charge < -0.3 is 10.5 Å². The van der Waals surface area contributed by atoms with Gasteiger partial charge in [0.15, 0.2) is 4.34 Å². The molecule has 1 unspecified atom stereocenters. The number of aryl methyl sites for hydroxylation is 1. The van der Waals surface area contributed by atoms with Crippen molar-refractivity contribution in [1.82, 2.24) is 10.2 Å². The Balaban J connectivity index is 1.99. The smallest absolute Gasteiger partial charge is 0.327 e. The van der Waals surface area contributed by atoms with Crippen molar-refractivity contribution in [2.24, 2.45) is 11.7 Å². The molecule has 1 aliphatic carbocycles. The first-order valence-electron chi connectivity index (χ1n) is 5.95. The highest BCUT2D eigenvalue weighted by molar-refractivity contribution is 8.01. The molecule has 1 aromatic rings. The molecule has 100 valence electrons. The Morgan fingerprint density at radius 1 is 1.61 bits per heavy atom. The van der Waals surface area contributed by atoms with Crippen molar-refractivity contribution in [2.45, 2.75) is 36.6 Å². The molecule has 1 fully saturated rings. The Morgan fingerprint density at radius 2 is 2.33 bits per heavy atom. The van der Waals surface area contributed by atoms with Crippen LogP contribution in [0.2, 0.25) is 0 Å². The van der Waals surface area contributed by atoms with Gasteiger partial charge >= 0.3 is 5.97 Å². The molecule has 0 aromatic carbocycles. The number of ether oxygens (including phenoxy) is 1. The molecule has 0 amide bonds. The average molecular weight is 287 g/mol. The Hall–Kier alpha value is -0.660. The van der Waals surface area contributed by atoms with Crippen molar-refractivity contribution in [3.63, 3.8) is 0 Å². The third kappa shape index (κ3) is 3.02. The molecule has 0 spiro atoms. The molecule has 1 atom stereocenters. The lowest BCUT2D eigenvalue weighted by Crippen LogP contribution is -2.53. The number of aromatic nitrogens is 2. The van der Waals surface area contributed by atoms with Gasteiger partial charge in [0.25, 0.3) is 0 Å². The van der Waals surface area contributed by atoms with E-state index in [-0.39, 0.29) is 11.9 Å². The van der Waals surface area contributed by atoms with Crippen LogP contribution in [0, 0.1) is 12.8 Å². The van der Waals surface area contributed by atoms with E-state index >= 15 is 0 Å². The number of carbonyl (C=O) groups excluding carboxylic acids is 1. The van der Waals surface area contributed by atoms with Crippen LogP contribution in [-0.2, 0) is 9.53 Å². The Labute approximate surface area is 114 Å². The van der Waals surface area contributed by atoms with Crippen LogP contribution in [0.3, 0.4) is 0 Å². The number of rotatable bonds is 6. The van der Waals surface area contributed by atoms with E-state index in [9.17, 15) is 4.79 Å². The molecule has 1 heterocycles. The fraction of sp³-hybridized carbons (Fsp3) is 0.727. The molecule has 1 aromatic heterocycles. The first kappa shape index (κ1) is 13.8. The molecule has 5 nitrogen and oxygen atoms in total. The lowest BCUT2D eigenvalue weighted by atomic mass is 9.97. The number of thioether (sulfide) groups is 1. The van der Waals surface area contributed by atoms with Crippen LogP contribution in [0.15, 0.2) is 4.34 Å². The van der Waals surface area contributed by atoms with Crippen LogP contribution in [0.4, 0.5) is 0 Å². The maximum Gasteiger partial charge on any atom is 0.327 e. The van der Waals surface area contributed by atoms with Gasteiger partial charge in [-0.25, -0.2) is 0 Å². The number of esters is 1. The molecule has 2 rings (SSSR count). The summed E-state index contributed by atoms with van der Waals surface area (Å²) >= 11 is 3.01. The minimum Gasteiger partial charge on any atom is -0.465 e. The summed E-state index contributed by atoms with van der Waals surface area (Å²) in [5, 5.41) is 8.90. The highest BCUT2D eigenvalue weighted by Crippen LogP contribution is 2.41. The van der Waals surface area contributed by atoms with E-state index in [0.717, 1.165) is 22.2 Å². The highest BCUT2D eigenvalue weighted by Gasteiger charge is 2.49. The van der Waals surface area contributed by atoms with Gasteiger partial charge in [-0.05, 0) is 32.6 Å². The Kier molecular flexibility index (Phi) is 4.24. The van der Waals surface area contributed by atoms with Crippen LogP contribution >= 0.6 is 23.1 Å².